The van der Waals surface area contributed by atoms with Crippen molar-refractivity contribution in [1.29, 1.82) is 0 Å². The number of nitrogens with zero attached hydrogens (tertiary/aromatic N) is 4. The number of fused-ring (bicyclic) bond motifs is 2. The molecule has 0 radical (unpaired) electrons. The molecule has 7 heteroatoms. The van der Waals surface area contributed by atoms with E-state index in [1.807, 2.05) is 22.8 Å². The number of aliphatic imine (C=N–C) groups is 1. The fourth-order valence-corrected chi connectivity index (χ4v) is 3.94. The number of hydrogen-bond acceptors (Lipinski definition) is 6. The molecule has 0 spiro atoms. The molecule has 7 nitrogen and oxygen atoms in total. The van der Waals surface area contributed by atoms with Gasteiger partial charge in [-0.1, -0.05) is 44.9 Å². The van der Waals surface area contributed by atoms with Gasteiger partial charge in [-0.2, -0.15) is 9.61 Å². The van der Waals surface area contributed by atoms with Crippen molar-refractivity contribution in [3.05, 3.63) is 47.7 Å². The normalized spacial score (nSPS) is 13.0. The maximum Gasteiger partial charge on any atom is 0.163 e. The van der Waals surface area contributed by atoms with Gasteiger partial charge in [0.2, 0.25) is 0 Å². The molecule has 0 fully saturated rings. The summed E-state index contributed by atoms with van der Waals surface area (Å²) in [6.45, 7) is 6.71. The largest absolute Gasteiger partial charge is 0.370 e. The molecule has 164 valence electrons. The summed E-state index contributed by atoms with van der Waals surface area (Å²) in [4.78, 5) is 9.63. The van der Waals surface area contributed by atoms with Gasteiger partial charge in [-0.05, 0) is 36.9 Å². The van der Waals surface area contributed by atoms with Gasteiger partial charge in [-0.3, -0.25) is 4.99 Å². The Morgan fingerprint density at radius 1 is 1.10 bits per heavy atom. The van der Waals surface area contributed by atoms with Crippen LogP contribution in [-0.4, -0.2) is 39.9 Å². The van der Waals surface area contributed by atoms with E-state index in [2.05, 4.69) is 47.8 Å². The number of nitrogens with two attached hydrogens (primary N) is 1. The van der Waals surface area contributed by atoms with Gasteiger partial charge in [-0.15, -0.1) is 0 Å². The number of nitrogens with one attached hydrogen (secondary N) is 2. The number of unbranched alkanes of at least 4 members (excludes halogenated alkanes) is 3. The third-order valence-corrected chi connectivity index (χ3v) is 5.70. The van der Waals surface area contributed by atoms with Gasteiger partial charge in [0.15, 0.2) is 5.65 Å². The molecule has 0 saturated heterocycles. The van der Waals surface area contributed by atoms with Gasteiger partial charge in [0.1, 0.15) is 11.6 Å². The van der Waals surface area contributed by atoms with E-state index in [0.717, 1.165) is 66.6 Å². The van der Waals surface area contributed by atoms with Crippen molar-refractivity contribution >= 4 is 28.7 Å². The summed E-state index contributed by atoms with van der Waals surface area (Å²) in [7, 11) is 0. The molecule has 3 aromatic rings. The van der Waals surface area contributed by atoms with Crippen molar-refractivity contribution in [1.82, 2.24) is 14.6 Å². The highest BCUT2D eigenvalue weighted by molar-refractivity contribution is 5.96. The topological polar surface area (TPSA) is 92.6 Å². The average molecular weight is 420 g/mol. The summed E-state index contributed by atoms with van der Waals surface area (Å²) in [5, 5.41) is 11.7. The fourth-order valence-electron chi connectivity index (χ4n) is 3.94. The Kier molecular flexibility index (Phi) is 6.82. The van der Waals surface area contributed by atoms with Crippen LogP contribution >= 0.6 is 0 Å². The molecule has 4 N–H and O–H groups in total. The summed E-state index contributed by atoms with van der Waals surface area (Å²) in [5.41, 5.74) is 11.1. The molecule has 1 aromatic carbocycles. The third-order valence-electron chi connectivity index (χ3n) is 5.70. The van der Waals surface area contributed by atoms with Crippen LogP contribution in [0.3, 0.4) is 0 Å². The molecular weight excluding hydrogens is 386 g/mol. The number of para-hydroxylation sites is 1. The lowest BCUT2D eigenvalue weighted by atomic mass is 10.1. The number of benzene rings is 1. The van der Waals surface area contributed by atoms with E-state index in [0.29, 0.717) is 12.5 Å². The fraction of sp³-hybridized carbons (Fsp3) is 0.458. The van der Waals surface area contributed by atoms with Gasteiger partial charge in [0.05, 0.1) is 18.4 Å². The Hall–Kier alpha value is -2.93. The van der Waals surface area contributed by atoms with Crippen LogP contribution in [0.1, 0.15) is 56.6 Å². The maximum absolute atomic E-state index is 5.58. The van der Waals surface area contributed by atoms with Crippen molar-refractivity contribution in [3.63, 3.8) is 0 Å². The Morgan fingerprint density at radius 3 is 2.74 bits per heavy atom. The molecule has 2 aromatic heterocycles. The molecular formula is C24H33N7. The van der Waals surface area contributed by atoms with E-state index in [1.165, 1.54) is 18.4 Å². The SMILES string of the molecule is CC(C)c1cnn2c(NCC3=Nc4ccccc4C3)cc(NCCCCCCN)nc12. The minimum atomic E-state index is 0.359. The Bertz CT molecular complexity index is 1050. The highest BCUT2D eigenvalue weighted by atomic mass is 15.3. The summed E-state index contributed by atoms with van der Waals surface area (Å²) < 4.78 is 1.91. The van der Waals surface area contributed by atoms with Crippen molar-refractivity contribution in [3.8, 4) is 0 Å². The zero-order valence-corrected chi connectivity index (χ0v) is 18.6. The summed E-state index contributed by atoms with van der Waals surface area (Å²) in [6.07, 6.45) is 7.39. The Labute approximate surface area is 184 Å². The first-order chi connectivity index (χ1) is 15.2. The van der Waals surface area contributed by atoms with Crippen LogP contribution in [0.5, 0.6) is 0 Å². The molecule has 31 heavy (non-hydrogen) atoms. The smallest absolute Gasteiger partial charge is 0.163 e. The molecule has 3 heterocycles. The van der Waals surface area contributed by atoms with E-state index in [1.54, 1.807) is 0 Å². The monoisotopic (exact) mass is 419 g/mol. The predicted molar refractivity (Wildman–Crippen MR) is 129 cm³/mol. The number of aromatic nitrogens is 3. The van der Waals surface area contributed by atoms with Crippen molar-refractivity contribution in [2.75, 3.05) is 30.3 Å². The number of rotatable bonds is 11. The van der Waals surface area contributed by atoms with Gasteiger partial charge in [-0.25, -0.2) is 4.98 Å². The first-order valence-electron chi connectivity index (χ1n) is 11.4. The van der Waals surface area contributed by atoms with Gasteiger partial charge in [0, 0.05) is 30.3 Å². The molecule has 0 aliphatic carbocycles. The van der Waals surface area contributed by atoms with Crippen LogP contribution in [0.15, 0.2) is 41.5 Å². The predicted octanol–water partition coefficient (Wildman–Crippen LogP) is 4.52. The summed E-state index contributed by atoms with van der Waals surface area (Å²) in [6, 6.07) is 10.4. The lowest BCUT2D eigenvalue weighted by molar-refractivity contribution is 0.661. The van der Waals surface area contributed by atoms with E-state index in [-0.39, 0.29) is 0 Å². The van der Waals surface area contributed by atoms with E-state index >= 15 is 0 Å². The van der Waals surface area contributed by atoms with Gasteiger partial charge in [0.25, 0.3) is 0 Å². The number of anilines is 2. The van der Waals surface area contributed by atoms with Crippen molar-refractivity contribution in [2.45, 2.75) is 51.9 Å². The highest BCUT2D eigenvalue weighted by Crippen LogP contribution is 2.27. The molecule has 0 unspecified atom stereocenters. The Morgan fingerprint density at radius 2 is 1.94 bits per heavy atom. The van der Waals surface area contributed by atoms with Crippen LogP contribution in [-0.2, 0) is 6.42 Å². The third kappa shape index (κ3) is 5.05. The Balaban J connectivity index is 1.48. The molecule has 4 rings (SSSR count). The summed E-state index contributed by atoms with van der Waals surface area (Å²) in [5.74, 6) is 2.17. The average Bonchev–Trinajstić information content (AvgIpc) is 3.38. The molecule has 0 atom stereocenters. The summed E-state index contributed by atoms with van der Waals surface area (Å²) >= 11 is 0. The lowest BCUT2D eigenvalue weighted by Crippen LogP contribution is -2.17. The van der Waals surface area contributed by atoms with E-state index in [9.17, 15) is 0 Å². The highest BCUT2D eigenvalue weighted by Gasteiger charge is 2.16. The second-order valence-corrected chi connectivity index (χ2v) is 8.48. The molecule has 1 aliphatic rings. The molecule has 0 saturated carbocycles. The van der Waals surface area contributed by atoms with E-state index in [4.69, 9.17) is 15.7 Å². The van der Waals surface area contributed by atoms with Crippen LogP contribution in [0.4, 0.5) is 17.3 Å². The minimum Gasteiger partial charge on any atom is -0.370 e. The van der Waals surface area contributed by atoms with Crippen LogP contribution in [0.2, 0.25) is 0 Å². The van der Waals surface area contributed by atoms with E-state index < -0.39 is 0 Å². The van der Waals surface area contributed by atoms with Crippen molar-refractivity contribution in [2.24, 2.45) is 10.7 Å². The first kappa shape index (κ1) is 21.3. The molecule has 0 amide bonds. The zero-order valence-electron chi connectivity index (χ0n) is 18.6. The van der Waals surface area contributed by atoms with Gasteiger partial charge < -0.3 is 16.4 Å². The van der Waals surface area contributed by atoms with Crippen molar-refractivity contribution < 1.29 is 0 Å². The minimum absolute atomic E-state index is 0.359. The van der Waals surface area contributed by atoms with Crippen LogP contribution in [0, 0.1) is 0 Å². The van der Waals surface area contributed by atoms with Crippen LogP contribution < -0.4 is 16.4 Å². The second-order valence-electron chi connectivity index (χ2n) is 8.48. The maximum atomic E-state index is 5.58. The quantitative estimate of drug-likeness (QED) is 0.397. The first-order valence-corrected chi connectivity index (χ1v) is 11.4. The van der Waals surface area contributed by atoms with Gasteiger partial charge >= 0.3 is 0 Å². The van der Waals surface area contributed by atoms with Crippen LogP contribution in [0.25, 0.3) is 5.65 Å². The molecule has 1 aliphatic heterocycles. The standard InChI is InChI=1S/C24H33N7/c1-17(2)20-16-28-31-23(27-15-19-13-18-9-5-6-10-21(18)29-19)14-22(30-24(20)31)26-12-8-4-3-7-11-25/h5-6,9-10,14,16-17,27H,3-4,7-8,11-13,15,25H2,1-2H3,(H,26,30). The second kappa shape index (κ2) is 9.92. The molecule has 0 bridgehead atoms. The number of hydrogen-bond donors (Lipinski definition) is 3. The zero-order chi connectivity index (χ0) is 21.6. The lowest BCUT2D eigenvalue weighted by Gasteiger charge is -2.13.